The molecule has 0 aromatic heterocycles. The maximum absolute atomic E-state index is 15.0. The molecule has 7 nitrogen and oxygen atoms in total. The summed E-state index contributed by atoms with van der Waals surface area (Å²) in [6, 6.07) is 30.8. The molecule has 2 unspecified atom stereocenters. The van der Waals surface area contributed by atoms with E-state index in [1.165, 1.54) is 0 Å². The lowest BCUT2D eigenvalue weighted by molar-refractivity contribution is -0.139. The van der Waals surface area contributed by atoms with Crippen molar-refractivity contribution >= 4 is 5.78 Å². The lowest BCUT2D eigenvalue weighted by atomic mass is 9.64. The zero-order valence-corrected chi connectivity index (χ0v) is 24.2. The van der Waals surface area contributed by atoms with Crippen LogP contribution in [0, 0.1) is 11.8 Å². The van der Waals surface area contributed by atoms with Gasteiger partial charge in [0.1, 0.15) is 28.8 Å². The van der Waals surface area contributed by atoms with Crippen molar-refractivity contribution in [3.05, 3.63) is 119 Å². The molecule has 216 valence electrons. The quantitative estimate of drug-likeness (QED) is 0.272. The molecular formula is C35H36N2O5. The van der Waals surface area contributed by atoms with Gasteiger partial charge in [-0.3, -0.25) is 4.79 Å². The van der Waals surface area contributed by atoms with Crippen LogP contribution >= 0.6 is 0 Å². The molecule has 0 aliphatic carbocycles. The van der Waals surface area contributed by atoms with Crippen molar-refractivity contribution in [3.63, 3.8) is 0 Å². The van der Waals surface area contributed by atoms with Gasteiger partial charge in [0.15, 0.2) is 0 Å². The van der Waals surface area contributed by atoms with Crippen LogP contribution in [0.25, 0.3) is 0 Å². The van der Waals surface area contributed by atoms with Crippen molar-refractivity contribution in [3.8, 4) is 23.0 Å². The number of methoxy groups -OCH3 is 4. The molecule has 2 saturated heterocycles. The van der Waals surface area contributed by atoms with E-state index in [9.17, 15) is 4.79 Å². The first-order valence-corrected chi connectivity index (χ1v) is 14.2. The SMILES string of the molecule is COc1cccc([C@H]2N[C@@H](c3cccc(OC)c3)C3C(=O)C2[C@H](c2cccc(OC)c2)N[C@H]3c2cccc(OC)c2)c1. The Kier molecular flexibility index (Phi) is 7.87. The number of hydrogen-bond acceptors (Lipinski definition) is 7. The molecule has 2 bridgehead atoms. The molecule has 2 fully saturated rings. The van der Waals surface area contributed by atoms with E-state index >= 15 is 0 Å². The lowest BCUT2D eigenvalue weighted by Gasteiger charge is -2.52. The molecule has 42 heavy (non-hydrogen) atoms. The molecule has 2 heterocycles. The summed E-state index contributed by atoms with van der Waals surface area (Å²) in [5, 5.41) is 7.89. The first-order valence-electron chi connectivity index (χ1n) is 14.2. The summed E-state index contributed by atoms with van der Waals surface area (Å²) in [4.78, 5) is 15.0. The first kappa shape index (κ1) is 27.8. The smallest absolute Gasteiger partial charge is 0.146 e. The molecule has 0 amide bonds. The van der Waals surface area contributed by atoms with Crippen LogP contribution in [0.4, 0.5) is 0 Å². The maximum Gasteiger partial charge on any atom is 0.146 e. The third-order valence-electron chi connectivity index (χ3n) is 8.62. The summed E-state index contributed by atoms with van der Waals surface area (Å²) in [5.74, 6) is 2.41. The molecule has 6 atom stereocenters. The number of Topliss-reactive ketones (excluding diaryl/α,β-unsaturated/α-hetero) is 1. The minimum atomic E-state index is -0.391. The largest absolute Gasteiger partial charge is 0.497 e. The fraction of sp³-hybridized carbons (Fsp3) is 0.286. The number of ketones is 1. The van der Waals surface area contributed by atoms with E-state index in [-0.39, 0.29) is 30.0 Å². The molecule has 0 radical (unpaired) electrons. The Morgan fingerprint density at radius 3 is 0.952 bits per heavy atom. The van der Waals surface area contributed by atoms with Crippen LogP contribution in [0.2, 0.25) is 0 Å². The van der Waals surface area contributed by atoms with E-state index in [4.69, 9.17) is 18.9 Å². The van der Waals surface area contributed by atoms with Crippen molar-refractivity contribution in [2.75, 3.05) is 28.4 Å². The van der Waals surface area contributed by atoms with Crippen molar-refractivity contribution < 1.29 is 23.7 Å². The number of carbonyl (C=O) groups excluding carboxylic acids is 1. The molecule has 2 aliphatic rings. The Morgan fingerprint density at radius 1 is 0.452 bits per heavy atom. The topological polar surface area (TPSA) is 78.1 Å². The molecule has 2 aliphatic heterocycles. The predicted molar refractivity (Wildman–Crippen MR) is 161 cm³/mol. The Bertz CT molecular complexity index is 1350. The van der Waals surface area contributed by atoms with Gasteiger partial charge in [-0.1, -0.05) is 48.5 Å². The third kappa shape index (κ3) is 5.10. The number of nitrogens with one attached hydrogen (secondary N) is 2. The molecule has 6 rings (SSSR count). The fourth-order valence-corrected chi connectivity index (χ4v) is 6.62. The average Bonchev–Trinajstić information content (AvgIpc) is 3.05. The van der Waals surface area contributed by atoms with Gasteiger partial charge in [-0.05, 0) is 70.8 Å². The highest BCUT2D eigenvalue weighted by Crippen LogP contribution is 2.52. The highest BCUT2D eigenvalue weighted by molar-refractivity contribution is 5.89. The summed E-state index contributed by atoms with van der Waals surface area (Å²) >= 11 is 0. The summed E-state index contributed by atoms with van der Waals surface area (Å²) in [5.41, 5.74) is 3.98. The van der Waals surface area contributed by atoms with E-state index in [1.54, 1.807) is 28.4 Å². The fourth-order valence-electron chi connectivity index (χ4n) is 6.62. The number of hydrogen-bond donors (Lipinski definition) is 2. The molecule has 7 heteroatoms. The van der Waals surface area contributed by atoms with E-state index < -0.39 is 11.8 Å². The van der Waals surface area contributed by atoms with E-state index in [0.717, 1.165) is 45.3 Å². The molecule has 0 saturated carbocycles. The van der Waals surface area contributed by atoms with Gasteiger partial charge in [0.25, 0.3) is 0 Å². The molecular weight excluding hydrogens is 528 g/mol. The Labute approximate surface area is 246 Å². The zero-order valence-electron chi connectivity index (χ0n) is 24.2. The van der Waals surface area contributed by atoms with Crippen LogP contribution in [0.15, 0.2) is 97.1 Å². The molecule has 4 aromatic rings. The second kappa shape index (κ2) is 11.9. The van der Waals surface area contributed by atoms with Crippen LogP contribution < -0.4 is 29.6 Å². The predicted octanol–water partition coefficient (Wildman–Crippen LogP) is 5.99. The number of benzene rings is 4. The number of carbonyl (C=O) groups is 1. The summed E-state index contributed by atoms with van der Waals surface area (Å²) in [6.45, 7) is 0. The van der Waals surface area contributed by atoms with Crippen LogP contribution in [-0.2, 0) is 4.79 Å². The number of piperidine rings is 2. The summed E-state index contributed by atoms with van der Waals surface area (Å²) < 4.78 is 22.3. The Hall–Kier alpha value is -4.33. The minimum absolute atomic E-state index is 0.203. The van der Waals surface area contributed by atoms with Gasteiger partial charge in [0, 0.05) is 24.2 Å². The Balaban J connectivity index is 1.54. The van der Waals surface area contributed by atoms with Gasteiger partial charge in [-0.2, -0.15) is 0 Å². The van der Waals surface area contributed by atoms with Crippen molar-refractivity contribution in [2.45, 2.75) is 24.2 Å². The van der Waals surface area contributed by atoms with Gasteiger partial charge in [0.05, 0.1) is 40.3 Å². The lowest BCUT2D eigenvalue weighted by Crippen LogP contribution is -2.60. The normalized spacial score (nSPS) is 25.0. The second-order valence-electron chi connectivity index (χ2n) is 10.8. The highest BCUT2D eigenvalue weighted by Gasteiger charge is 2.55. The molecule has 0 spiro atoms. The van der Waals surface area contributed by atoms with Crippen LogP contribution in [0.3, 0.4) is 0 Å². The Morgan fingerprint density at radius 2 is 0.714 bits per heavy atom. The monoisotopic (exact) mass is 564 g/mol. The van der Waals surface area contributed by atoms with E-state index in [0.29, 0.717) is 0 Å². The number of rotatable bonds is 8. The minimum Gasteiger partial charge on any atom is -0.497 e. The van der Waals surface area contributed by atoms with Crippen molar-refractivity contribution in [1.29, 1.82) is 0 Å². The van der Waals surface area contributed by atoms with Gasteiger partial charge in [-0.25, -0.2) is 0 Å². The molecule has 4 aromatic carbocycles. The number of fused-ring (bicyclic) bond motifs is 2. The first-order chi connectivity index (χ1) is 20.5. The second-order valence-corrected chi connectivity index (χ2v) is 10.8. The maximum atomic E-state index is 15.0. The van der Waals surface area contributed by atoms with Gasteiger partial charge < -0.3 is 29.6 Å². The van der Waals surface area contributed by atoms with E-state index in [1.807, 2.05) is 72.8 Å². The van der Waals surface area contributed by atoms with Gasteiger partial charge >= 0.3 is 0 Å². The summed E-state index contributed by atoms with van der Waals surface area (Å²) in [7, 11) is 6.64. The van der Waals surface area contributed by atoms with Gasteiger partial charge in [0.2, 0.25) is 0 Å². The van der Waals surface area contributed by atoms with Gasteiger partial charge in [-0.15, -0.1) is 0 Å². The van der Waals surface area contributed by atoms with Crippen molar-refractivity contribution in [2.24, 2.45) is 11.8 Å². The van der Waals surface area contributed by atoms with Crippen LogP contribution in [0.5, 0.6) is 23.0 Å². The van der Waals surface area contributed by atoms with Crippen LogP contribution in [0.1, 0.15) is 46.4 Å². The van der Waals surface area contributed by atoms with Crippen molar-refractivity contribution in [1.82, 2.24) is 10.6 Å². The third-order valence-corrected chi connectivity index (χ3v) is 8.62. The average molecular weight is 565 g/mol. The van der Waals surface area contributed by atoms with Crippen LogP contribution in [-0.4, -0.2) is 34.2 Å². The highest BCUT2D eigenvalue weighted by atomic mass is 16.5. The molecule has 2 N–H and O–H groups in total. The number of ether oxygens (including phenoxy) is 4. The standard InChI is InChI=1S/C35H36N2O5/c1-39-25-13-5-9-21(17-25)31-29-32(22-10-6-14-26(18-22)40-2)37-34(24-12-8-16-28(20-24)42-4)30(35(29)38)33(36-31)23-11-7-15-27(19-23)41-3/h5-20,29-34,36-37H,1-4H3/t29?,30?,31-,32-,33-,34+/m0/s1. The zero-order chi connectivity index (χ0) is 29.2. The van der Waals surface area contributed by atoms with E-state index in [2.05, 4.69) is 34.9 Å². The summed E-state index contributed by atoms with van der Waals surface area (Å²) in [6.07, 6.45) is 0.